The van der Waals surface area contributed by atoms with E-state index in [1.54, 1.807) is 13.3 Å². The summed E-state index contributed by atoms with van der Waals surface area (Å²) in [6, 6.07) is 1.87. The number of aliphatic hydroxyl groups excluding tert-OH is 1. The lowest BCUT2D eigenvalue weighted by atomic mass is 9.94. The van der Waals surface area contributed by atoms with Crippen molar-refractivity contribution in [1.82, 2.24) is 4.98 Å². The Morgan fingerprint density at radius 2 is 2.41 bits per heavy atom. The minimum absolute atomic E-state index is 0.0536. The third-order valence-corrected chi connectivity index (χ3v) is 3.55. The average Bonchev–Trinajstić information content (AvgIpc) is 2.39. The van der Waals surface area contributed by atoms with Gasteiger partial charge >= 0.3 is 0 Å². The summed E-state index contributed by atoms with van der Waals surface area (Å²) in [4.78, 5) is 6.40. The predicted molar refractivity (Wildman–Crippen MR) is 67.0 cm³/mol. The van der Waals surface area contributed by atoms with E-state index in [2.05, 4.69) is 16.8 Å². The molecular weight excluding hydrogens is 216 g/mol. The van der Waals surface area contributed by atoms with Gasteiger partial charge in [0, 0.05) is 32.0 Å². The average molecular weight is 236 g/mol. The number of aromatic nitrogens is 1. The van der Waals surface area contributed by atoms with Gasteiger partial charge in [-0.05, 0) is 25.8 Å². The molecule has 0 spiro atoms. The van der Waals surface area contributed by atoms with Gasteiger partial charge < -0.3 is 14.7 Å². The topological polar surface area (TPSA) is 45.6 Å². The van der Waals surface area contributed by atoms with E-state index in [0.717, 1.165) is 37.2 Å². The first kappa shape index (κ1) is 12.3. The van der Waals surface area contributed by atoms with E-state index < -0.39 is 0 Å². The van der Waals surface area contributed by atoms with Crippen molar-refractivity contribution in [2.75, 3.05) is 25.1 Å². The van der Waals surface area contributed by atoms with Crippen LogP contribution in [0.2, 0.25) is 0 Å². The lowest BCUT2D eigenvalue weighted by molar-refractivity contribution is -0.00473. The summed E-state index contributed by atoms with van der Waals surface area (Å²) >= 11 is 0. The van der Waals surface area contributed by atoms with Crippen molar-refractivity contribution >= 4 is 5.69 Å². The number of hydrogen-bond donors (Lipinski definition) is 1. The molecule has 4 heteroatoms. The largest absolute Gasteiger partial charge is 0.392 e. The van der Waals surface area contributed by atoms with Gasteiger partial charge in [0.05, 0.1) is 24.1 Å². The Morgan fingerprint density at radius 1 is 1.59 bits per heavy atom. The second kappa shape index (κ2) is 5.02. The minimum Gasteiger partial charge on any atom is -0.392 e. The Balaban J connectivity index is 2.22. The lowest BCUT2D eigenvalue weighted by Gasteiger charge is -2.41. The summed E-state index contributed by atoms with van der Waals surface area (Å²) in [6.07, 6.45) is 5.72. The fraction of sp³-hybridized carbons (Fsp3) is 0.615. The second-order valence-electron chi connectivity index (χ2n) is 4.84. The van der Waals surface area contributed by atoms with Crippen LogP contribution in [0.5, 0.6) is 0 Å². The van der Waals surface area contributed by atoms with Crippen LogP contribution < -0.4 is 4.90 Å². The summed E-state index contributed by atoms with van der Waals surface area (Å²) in [5, 5.41) is 9.35. The van der Waals surface area contributed by atoms with Gasteiger partial charge in [-0.1, -0.05) is 0 Å². The van der Waals surface area contributed by atoms with Crippen LogP contribution >= 0.6 is 0 Å². The maximum absolute atomic E-state index is 9.35. The molecule has 0 bridgehead atoms. The molecule has 1 aliphatic rings. The molecule has 1 unspecified atom stereocenters. The predicted octanol–water partition coefficient (Wildman–Crippen LogP) is 1.58. The van der Waals surface area contributed by atoms with Gasteiger partial charge in [-0.3, -0.25) is 4.98 Å². The van der Waals surface area contributed by atoms with Crippen LogP contribution in [0.25, 0.3) is 0 Å². The van der Waals surface area contributed by atoms with Gasteiger partial charge in [0.25, 0.3) is 0 Å². The Hall–Kier alpha value is -1.13. The van der Waals surface area contributed by atoms with Crippen LogP contribution in [0.15, 0.2) is 18.5 Å². The van der Waals surface area contributed by atoms with E-state index in [0.29, 0.717) is 0 Å². The summed E-state index contributed by atoms with van der Waals surface area (Å²) in [5.74, 6) is 0. The molecule has 2 rings (SSSR count). The molecule has 1 aliphatic heterocycles. The SMILES string of the molecule is COC1(C)CCCN(c2cnccc2CO)C1. The molecule has 0 aromatic carbocycles. The third-order valence-electron chi connectivity index (χ3n) is 3.55. The second-order valence-corrected chi connectivity index (χ2v) is 4.84. The lowest BCUT2D eigenvalue weighted by Crippen LogP contribution is -2.47. The smallest absolute Gasteiger partial charge is 0.0825 e. The molecule has 1 atom stereocenters. The van der Waals surface area contributed by atoms with Crippen LogP contribution in [-0.4, -0.2) is 35.9 Å². The first-order chi connectivity index (χ1) is 8.18. The standard InChI is InChI=1S/C13H20N2O2/c1-13(17-2)5-3-7-15(10-13)12-8-14-6-4-11(12)9-16/h4,6,8,16H,3,5,7,9-10H2,1-2H3. The van der Waals surface area contributed by atoms with E-state index in [1.165, 1.54) is 0 Å². The molecule has 0 amide bonds. The first-order valence-corrected chi connectivity index (χ1v) is 6.02. The van der Waals surface area contributed by atoms with Crippen molar-refractivity contribution in [2.45, 2.75) is 32.0 Å². The summed E-state index contributed by atoms with van der Waals surface area (Å²) < 4.78 is 5.58. The summed E-state index contributed by atoms with van der Waals surface area (Å²) in [5.41, 5.74) is 1.86. The quantitative estimate of drug-likeness (QED) is 0.865. The molecule has 0 aliphatic carbocycles. The fourth-order valence-corrected chi connectivity index (χ4v) is 2.41. The number of methoxy groups -OCH3 is 1. The van der Waals surface area contributed by atoms with Crippen LogP contribution in [0.3, 0.4) is 0 Å². The van der Waals surface area contributed by atoms with Crippen LogP contribution in [-0.2, 0) is 11.3 Å². The van der Waals surface area contributed by atoms with Crippen LogP contribution in [0.4, 0.5) is 5.69 Å². The normalized spacial score (nSPS) is 25.0. The molecule has 4 nitrogen and oxygen atoms in total. The highest BCUT2D eigenvalue weighted by molar-refractivity contribution is 5.52. The maximum Gasteiger partial charge on any atom is 0.0825 e. The molecular formula is C13H20N2O2. The third kappa shape index (κ3) is 2.58. The highest BCUT2D eigenvalue weighted by Gasteiger charge is 2.31. The first-order valence-electron chi connectivity index (χ1n) is 6.02. The van der Waals surface area contributed by atoms with Gasteiger partial charge in [-0.15, -0.1) is 0 Å². The van der Waals surface area contributed by atoms with Crippen LogP contribution in [0.1, 0.15) is 25.3 Å². The number of rotatable bonds is 3. The molecule has 1 aromatic rings. The number of nitrogens with zero attached hydrogens (tertiary/aromatic N) is 2. The number of pyridine rings is 1. The number of anilines is 1. The number of hydrogen-bond acceptors (Lipinski definition) is 4. The molecule has 17 heavy (non-hydrogen) atoms. The van der Waals surface area contributed by atoms with Crippen molar-refractivity contribution in [3.05, 3.63) is 24.0 Å². The number of piperidine rings is 1. The van der Waals surface area contributed by atoms with Gasteiger partial charge in [0.15, 0.2) is 0 Å². The summed E-state index contributed by atoms with van der Waals surface area (Å²) in [6.45, 7) is 4.03. The van der Waals surface area contributed by atoms with E-state index in [-0.39, 0.29) is 12.2 Å². The Morgan fingerprint density at radius 3 is 3.12 bits per heavy atom. The van der Waals surface area contributed by atoms with Crippen molar-refractivity contribution in [1.29, 1.82) is 0 Å². The Kier molecular flexibility index (Phi) is 3.64. The zero-order chi connectivity index (χ0) is 12.3. The molecule has 94 valence electrons. The number of aliphatic hydroxyl groups is 1. The molecule has 1 N–H and O–H groups in total. The number of ether oxygens (including phenoxy) is 1. The molecule has 1 aromatic heterocycles. The summed E-state index contributed by atoms with van der Waals surface area (Å²) in [7, 11) is 1.76. The maximum atomic E-state index is 9.35. The zero-order valence-corrected chi connectivity index (χ0v) is 10.5. The monoisotopic (exact) mass is 236 g/mol. The van der Waals surface area contributed by atoms with E-state index >= 15 is 0 Å². The highest BCUT2D eigenvalue weighted by Crippen LogP contribution is 2.29. The molecule has 0 radical (unpaired) electrons. The van der Waals surface area contributed by atoms with Gasteiger partial charge in [0.2, 0.25) is 0 Å². The van der Waals surface area contributed by atoms with E-state index in [4.69, 9.17) is 4.74 Å². The van der Waals surface area contributed by atoms with Crippen molar-refractivity contribution < 1.29 is 9.84 Å². The van der Waals surface area contributed by atoms with Gasteiger partial charge in [0.1, 0.15) is 0 Å². The molecule has 0 saturated carbocycles. The Labute approximate surface area is 102 Å². The van der Waals surface area contributed by atoms with Crippen molar-refractivity contribution in [2.24, 2.45) is 0 Å². The molecule has 1 fully saturated rings. The van der Waals surface area contributed by atoms with Gasteiger partial charge in [-0.2, -0.15) is 0 Å². The van der Waals surface area contributed by atoms with Crippen LogP contribution in [0, 0.1) is 0 Å². The van der Waals surface area contributed by atoms with Crippen molar-refractivity contribution in [3.8, 4) is 0 Å². The molecule has 2 heterocycles. The highest BCUT2D eigenvalue weighted by atomic mass is 16.5. The zero-order valence-electron chi connectivity index (χ0n) is 10.5. The van der Waals surface area contributed by atoms with E-state index in [9.17, 15) is 5.11 Å². The fourth-order valence-electron chi connectivity index (χ4n) is 2.41. The van der Waals surface area contributed by atoms with Gasteiger partial charge in [-0.25, -0.2) is 0 Å². The minimum atomic E-state index is -0.0964. The Bertz CT molecular complexity index is 383. The van der Waals surface area contributed by atoms with Crippen molar-refractivity contribution in [3.63, 3.8) is 0 Å². The molecule has 1 saturated heterocycles. The van der Waals surface area contributed by atoms with E-state index in [1.807, 2.05) is 12.3 Å².